The van der Waals surface area contributed by atoms with E-state index in [4.69, 9.17) is 5.73 Å². The van der Waals surface area contributed by atoms with Crippen molar-refractivity contribution >= 4 is 28.9 Å². The normalized spacial score (nSPS) is 19.0. The topological polar surface area (TPSA) is 141 Å². The van der Waals surface area contributed by atoms with Gasteiger partial charge in [-0.25, -0.2) is 4.98 Å². The molecule has 1 fully saturated rings. The SMILES string of the molecule is CC(C)(C)c1ccc(-n2nnc3cnc(NC4CCCC(NC(=O)C(N)=O)C4)nc32)cc1. The van der Waals surface area contributed by atoms with E-state index in [2.05, 4.69) is 63.8 Å². The molecule has 10 heteroatoms. The van der Waals surface area contributed by atoms with Gasteiger partial charge in [0.25, 0.3) is 0 Å². The molecule has 32 heavy (non-hydrogen) atoms. The van der Waals surface area contributed by atoms with Crippen molar-refractivity contribution in [2.24, 2.45) is 5.73 Å². The van der Waals surface area contributed by atoms with Crippen LogP contribution in [0.1, 0.15) is 52.0 Å². The average molecular weight is 437 g/mol. The molecule has 2 amide bonds. The number of rotatable bonds is 4. The van der Waals surface area contributed by atoms with Crippen molar-refractivity contribution in [1.82, 2.24) is 30.3 Å². The number of fused-ring (bicyclic) bond motifs is 1. The number of nitrogens with one attached hydrogen (secondary N) is 2. The number of aromatic nitrogens is 5. The lowest BCUT2D eigenvalue weighted by atomic mass is 9.87. The fourth-order valence-corrected chi connectivity index (χ4v) is 3.97. The molecular formula is C22H28N8O2. The second-order valence-electron chi connectivity index (χ2n) is 9.24. The lowest BCUT2D eigenvalue weighted by molar-refractivity contribution is -0.137. The summed E-state index contributed by atoms with van der Waals surface area (Å²) < 4.78 is 1.70. The molecule has 0 spiro atoms. The minimum atomic E-state index is -0.967. The first kappa shape index (κ1) is 21.7. The second-order valence-corrected chi connectivity index (χ2v) is 9.24. The number of amides is 2. The Hall–Kier alpha value is -3.56. The van der Waals surface area contributed by atoms with Gasteiger partial charge < -0.3 is 16.4 Å². The molecule has 1 aliphatic carbocycles. The summed E-state index contributed by atoms with van der Waals surface area (Å²) in [6.07, 6.45) is 4.93. The summed E-state index contributed by atoms with van der Waals surface area (Å²) in [5.74, 6) is -1.25. The highest BCUT2D eigenvalue weighted by Gasteiger charge is 2.25. The molecule has 4 N–H and O–H groups in total. The Labute approximate surface area is 186 Å². The highest BCUT2D eigenvalue weighted by atomic mass is 16.2. The van der Waals surface area contributed by atoms with Crippen LogP contribution in [0, 0.1) is 0 Å². The highest BCUT2D eigenvalue weighted by Crippen LogP contribution is 2.25. The number of benzene rings is 1. The molecule has 2 atom stereocenters. The molecule has 3 aromatic rings. The quantitative estimate of drug-likeness (QED) is 0.530. The van der Waals surface area contributed by atoms with Crippen molar-refractivity contribution in [1.29, 1.82) is 0 Å². The molecule has 10 nitrogen and oxygen atoms in total. The summed E-state index contributed by atoms with van der Waals surface area (Å²) >= 11 is 0. The summed E-state index contributed by atoms with van der Waals surface area (Å²) in [6, 6.07) is 8.15. The van der Waals surface area contributed by atoms with Gasteiger partial charge in [-0.3, -0.25) is 9.59 Å². The summed E-state index contributed by atoms with van der Waals surface area (Å²) in [5, 5.41) is 14.5. The van der Waals surface area contributed by atoms with E-state index in [1.165, 1.54) is 5.56 Å². The maximum absolute atomic E-state index is 11.6. The molecule has 2 heterocycles. The molecule has 2 unspecified atom stereocenters. The molecule has 1 aliphatic rings. The van der Waals surface area contributed by atoms with Crippen molar-refractivity contribution in [3.8, 4) is 5.69 Å². The standard InChI is InChI=1S/C22H28N8O2/c1-22(2,3)13-7-9-16(10-8-13)30-19-17(28-29-30)12-24-21(27-19)26-15-6-4-5-14(11-15)25-20(32)18(23)31/h7-10,12,14-15H,4-6,11H2,1-3H3,(H2,23,31)(H,25,32)(H,24,26,27). The van der Waals surface area contributed by atoms with Gasteiger partial charge in [0.05, 0.1) is 11.9 Å². The first-order valence-electron chi connectivity index (χ1n) is 10.8. The summed E-state index contributed by atoms with van der Waals surface area (Å²) in [5.41, 5.74) is 8.43. The molecule has 0 saturated heterocycles. The van der Waals surface area contributed by atoms with E-state index in [1.54, 1.807) is 10.9 Å². The Morgan fingerprint density at radius 2 is 1.84 bits per heavy atom. The van der Waals surface area contributed by atoms with Crippen molar-refractivity contribution in [3.63, 3.8) is 0 Å². The number of hydrogen-bond donors (Lipinski definition) is 3. The zero-order chi connectivity index (χ0) is 22.9. The highest BCUT2D eigenvalue weighted by molar-refractivity contribution is 6.34. The third-order valence-electron chi connectivity index (χ3n) is 5.74. The molecule has 1 aromatic carbocycles. The summed E-state index contributed by atoms with van der Waals surface area (Å²) in [6.45, 7) is 6.52. The number of hydrogen-bond acceptors (Lipinski definition) is 7. The van der Waals surface area contributed by atoms with Crippen LogP contribution in [0.3, 0.4) is 0 Å². The maximum Gasteiger partial charge on any atom is 0.309 e. The third kappa shape index (κ3) is 4.68. The van der Waals surface area contributed by atoms with Crippen LogP contribution in [0.15, 0.2) is 30.5 Å². The Morgan fingerprint density at radius 3 is 2.53 bits per heavy atom. The number of nitrogens with zero attached hydrogens (tertiary/aromatic N) is 5. The van der Waals surface area contributed by atoms with E-state index in [1.807, 2.05) is 12.1 Å². The van der Waals surface area contributed by atoms with Crippen molar-refractivity contribution in [2.75, 3.05) is 5.32 Å². The van der Waals surface area contributed by atoms with Crippen LogP contribution >= 0.6 is 0 Å². The predicted octanol–water partition coefficient (Wildman–Crippen LogP) is 1.83. The smallest absolute Gasteiger partial charge is 0.309 e. The maximum atomic E-state index is 11.6. The van der Waals surface area contributed by atoms with E-state index >= 15 is 0 Å². The lowest BCUT2D eigenvalue weighted by Gasteiger charge is -2.30. The van der Waals surface area contributed by atoms with Gasteiger partial charge in [-0.15, -0.1) is 5.10 Å². The van der Waals surface area contributed by atoms with Crippen LogP contribution in [0.4, 0.5) is 5.95 Å². The third-order valence-corrected chi connectivity index (χ3v) is 5.74. The van der Waals surface area contributed by atoms with Gasteiger partial charge >= 0.3 is 11.8 Å². The molecular weight excluding hydrogens is 408 g/mol. The van der Waals surface area contributed by atoms with Gasteiger partial charge in [-0.05, 0) is 48.8 Å². The van der Waals surface area contributed by atoms with E-state index in [0.717, 1.165) is 24.9 Å². The molecule has 168 valence electrons. The van der Waals surface area contributed by atoms with Gasteiger partial charge in [0, 0.05) is 12.1 Å². The Morgan fingerprint density at radius 1 is 1.12 bits per heavy atom. The first-order valence-corrected chi connectivity index (χ1v) is 10.8. The van der Waals surface area contributed by atoms with Crippen molar-refractivity contribution in [3.05, 3.63) is 36.0 Å². The zero-order valence-corrected chi connectivity index (χ0v) is 18.5. The number of carbonyl (C=O) groups excluding carboxylic acids is 2. The summed E-state index contributed by atoms with van der Waals surface area (Å²) in [4.78, 5) is 31.6. The summed E-state index contributed by atoms with van der Waals surface area (Å²) in [7, 11) is 0. The number of nitrogens with two attached hydrogens (primary N) is 1. The second kappa shape index (κ2) is 8.52. The molecule has 0 bridgehead atoms. The van der Waals surface area contributed by atoms with E-state index < -0.39 is 11.8 Å². The van der Waals surface area contributed by atoms with Crippen molar-refractivity contribution in [2.45, 2.75) is 64.0 Å². The van der Waals surface area contributed by atoms with Crippen LogP contribution in [0.2, 0.25) is 0 Å². The van der Waals surface area contributed by atoms with Crippen LogP contribution < -0.4 is 16.4 Å². The first-order chi connectivity index (χ1) is 15.2. The molecule has 4 rings (SSSR count). The number of primary amides is 1. The molecule has 0 radical (unpaired) electrons. The minimum absolute atomic E-state index is 0.0646. The van der Waals surface area contributed by atoms with E-state index in [0.29, 0.717) is 23.5 Å². The lowest BCUT2D eigenvalue weighted by Crippen LogP contribution is -2.46. The number of carbonyl (C=O) groups is 2. The number of anilines is 1. The van der Waals surface area contributed by atoms with E-state index in [9.17, 15) is 9.59 Å². The van der Waals surface area contributed by atoms with Gasteiger partial charge in [0.15, 0.2) is 11.2 Å². The van der Waals surface area contributed by atoms with Crippen molar-refractivity contribution < 1.29 is 9.59 Å². The van der Waals surface area contributed by atoms with Gasteiger partial charge in [-0.1, -0.05) is 38.1 Å². The van der Waals surface area contributed by atoms with Crippen LogP contribution in [-0.2, 0) is 15.0 Å². The Bertz CT molecular complexity index is 1130. The van der Waals surface area contributed by atoms with Gasteiger partial charge in [0.1, 0.15) is 0 Å². The zero-order valence-electron chi connectivity index (χ0n) is 18.5. The molecule has 2 aromatic heterocycles. The Kier molecular flexibility index (Phi) is 5.77. The largest absolute Gasteiger partial charge is 0.361 e. The predicted molar refractivity (Wildman–Crippen MR) is 120 cm³/mol. The molecule has 0 aliphatic heterocycles. The Balaban J connectivity index is 1.51. The fourth-order valence-electron chi connectivity index (χ4n) is 3.97. The monoisotopic (exact) mass is 436 g/mol. The molecule has 1 saturated carbocycles. The minimum Gasteiger partial charge on any atom is -0.361 e. The van der Waals surface area contributed by atoms with E-state index in [-0.39, 0.29) is 17.5 Å². The average Bonchev–Trinajstić information content (AvgIpc) is 3.16. The van der Waals surface area contributed by atoms with Gasteiger partial charge in [0.2, 0.25) is 5.95 Å². The fraction of sp³-hybridized carbons (Fsp3) is 0.455. The van der Waals surface area contributed by atoms with Crippen LogP contribution in [0.25, 0.3) is 16.9 Å². The van der Waals surface area contributed by atoms with Crippen LogP contribution in [-0.4, -0.2) is 48.9 Å². The van der Waals surface area contributed by atoms with Gasteiger partial charge in [-0.2, -0.15) is 9.67 Å². The van der Waals surface area contributed by atoms with Crippen LogP contribution in [0.5, 0.6) is 0 Å².